The molecule has 19 heavy (non-hydrogen) atoms. The molecule has 0 unspecified atom stereocenters. The SMILES string of the molecule is O=C(N/N=C1\CC[C@@H]2CCCC[C@H]2C1)c1cccs1. The van der Waals surface area contributed by atoms with Gasteiger partial charge in [-0.15, -0.1) is 11.3 Å². The average Bonchev–Trinajstić information content (AvgIpc) is 2.99. The molecule has 102 valence electrons. The standard InChI is InChI=1S/C15H20N2OS/c18-15(14-6-3-9-19-14)17-16-13-8-7-11-4-1-2-5-12(11)10-13/h3,6,9,11-12H,1-2,4-5,7-8,10H2,(H,17,18)/b16-13+/t11-,12-/m0/s1. The van der Waals surface area contributed by atoms with Crippen molar-refractivity contribution in [2.45, 2.75) is 44.9 Å². The molecule has 0 radical (unpaired) electrons. The summed E-state index contributed by atoms with van der Waals surface area (Å²) in [5.74, 6) is 1.66. The predicted octanol–water partition coefficient (Wildman–Crippen LogP) is 3.82. The first kappa shape index (κ1) is 12.9. The van der Waals surface area contributed by atoms with E-state index in [2.05, 4.69) is 10.5 Å². The fourth-order valence-electron chi connectivity index (χ4n) is 3.38. The summed E-state index contributed by atoms with van der Waals surface area (Å²) in [7, 11) is 0. The fraction of sp³-hybridized carbons (Fsp3) is 0.600. The third-order valence-corrected chi connectivity index (χ3v) is 5.30. The Morgan fingerprint density at radius 3 is 2.89 bits per heavy atom. The Morgan fingerprint density at radius 2 is 2.11 bits per heavy atom. The van der Waals surface area contributed by atoms with Gasteiger partial charge in [-0.1, -0.05) is 25.3 Å². The van der Waals surface area contributed by atoms with E-state index < -0.39 is 0 Å². The van der Waals surface area contributed by atoms with Crippen LogP contribution in [0.15, 0.2) is 22.6 Å². The average molecular weight is 276 g/mol. The van der Waals surface area contributed by atoms with Gasteiger partial charge in [-0.05, 0) is 49.0 Å². The molecule has 2 atom stereocenters. The molecule has 0 bridgehead atoms. The van der Waals surface area contributed by atoms with Gasteiger partial charge in [0.1, 0.15) is 0 Å². The van der Waals surface area contributed by atoms with Gasteiger partial charge in [-0.3, -0.25) is 4.79 Å². The second-order valence-corrected chi connectivity index (χ2v) is 6.59. The van der Waals surface area contributed by atoms with Gasteiger partial charge in [0, 0.05) is 5.71 Å². The van der Waals surface area contributed by atoms with Crippen molar-refractivity contribution in [1.29, 1.82) is 0 Å². The first-order chi connectivity index (χ1) is 9.33. The van der Waals surface area contributed by atoms with Crippen LogP contribution in [-0.2, 0) is 0 Å². The van der Waals surface area contributed by atoms with E-state index in [1.807, 2.05) is 17.5 Å². The molecule has 0 spiro atoms. The maximum absolute atomic E-state index is 11.8. The molecular weight excluding hydrogens is 256 g/mol. The Kier molecular flexibility index (Phi) is 3.97. The summed E-state index contributed by atoms with van der Waals surface area (Å²) in [6.07, 6.45) is 8.94. The topological polar surface area (TPSA) is 41.5 Å². The molecule has 1 heterocycles. The van der Waals surface area contributed by atoms with Gasteiger partial charge in [0.15, 0.2) is 0 Å². The van der Waals surface area contributed by atoms with Crippen molar-refractivity contribution in [3.63, 3.8) is 0 Å². The molecule has 3 rings (SSSR count). The van der Waals surface area contributed by atoms with Crippen LogP contribution in [0.5, 0.6) is 0 Å². The minimum Gasteiger partial charge on any atom is -0.266 e. The third kappa shape index (κ3) is 3.06. The monoisotopic (exact) mass is 276 g/mol. The maximum atomic E-state index is 11.8. The Bertz CT molecular complexity index is 466. The van der Waals surface area contributed by atoms with E-state index in [1.54, 1.807) is 0 Å². The van der Waals surface area contributed by atoms with Gasteiger partial charge in [-0.2, -0.15) is 5.10 Å². The zero-order chi connectivity index (χ0) is 13.1. The summed E-state index contributed by atoms with van der Waals surface area (Å²) >= 11 is 1.45. The summed E-state index contributed by atoms with van der Waals surface area (Å²) in [4.78, 5) is 12.6. The molecule has 2 fully saturated rings. The number of rotatable bonds is 2. The lowest BCUT2D eigenvalue weighted by Gasteiger charge is -2.35. The van der Waals surface area contributed by atoms with E-state index in [4.69, 9.17) is 0 Å². The highest BCUT2D eigenvalue weighted by atomic mass is 32.1. The number of nitrogens with zero attached hydrogens (tertiary/aromatic N) is 1. The zero-order valence-electron chi connectivity index (χ0n) is 11.1. The molecule has 2 saturated carbocycles. The number of carbonyl (C=O) groups is 1. The van der Waals surface area contributed by atoms with Gasteiger partial charge in [0.25, 0.3) is 5.91 Å². The van der Waals surface area contributed by atoms with Crippen LogP contribution in [0.3, 0.4) is 0 Å². The Labute approximate surface area is 118 Å². The minimum absolute atomic E-state index is 0.0757. The highest BCUT2D eigenvalue weighted by molar-refractivity contribution is 7.12. The molecule has 0 aliphatic heterocycles. The second-order valence-electron chi connectivity index (χ2n) is 5.64. The van der Waals surface area contributed by atoms with Crippen molar-refractivity contribution in [2.24, 2.45) is 16.9 Å². The minimum atomic E-state index is -0.0757. The van der Waals surface area contributed by atoms with Gasteiger partial charge in [-0.25, -0.2) is 5.43 Å². The first-order valence-electron chi connectivity index (χ1n) is 7.22. The van der Waals surface area contributed by atoms with E-state index in [0.717, 1.165) is 29.6 Å². The normalized spacial score (nSPS) is 28.9. The van der Waals surface area contributed by atoms with Crippen LogP contribution >= 0.6 is 11.3 Å². The number of carbonyl (C=O) groups excluding carboxylic acids is 1. The zero-order valence-corrected chi connectivity index (χ0v) is 11.9. The molecule has 0 aromatic carbocycles. The summed E-state index contributed by atoms with van der Waals surface area (Å²) in [6.45, 7) is 0. The third-order valence-electron chi connectivity index (χ3n) is 4.43. The molecule has 2 aliphatic carbocycles. The first-order valence-corrected chi connectivity index (χ1v) is 8.10. The van der Waals surface area contributed by atoms with Crippen molar-refractivity contribution in [3.05, 3.63) is 22.4 Å². The summed E-state index contributed by atoms with van der Waals surface area (Å²) in [5, 5.41) is 6.27. The lowest BCUT2D eigenvalue weighted by molar-refractivity contribution is 0.0958. The van der Waals surface area contributed by atoms with E-state index in [1.165, 1.54) is 49.2 Å². The lowest BCUT2D eigenvalue weighted by Crippen LogP contribution is -2.29. The fourth-order valence-corrected chi connectivity index (χ4v) is 4.00. The van der Waals surface area contributed by atoms with Crippen LogP contribution in [0.1, 0.15) is 54.6 Å². The van der Waals surface area contributed by atoms with E-state index in [-0.39, 0.29) is 5.91 Å². The molecule has 0 saturated heterocycles. The smallest absolute Gasteiger partial charge is 0.266 e. The molecule has 1 amide bonds. The van der Waals surface area contributed by atoms with Crippen LogP contribution in [0.2, 0.25) is 0 Å². The van der Waals surface area contributed by atoms with Gasteiger partial charge < -0.3 is 0 Å². The van der Waals surface area contributed by atoms with Crippen molar-refractivity contribution in [1.82, 2.24) is 5.43 Å². The maximum Gasteiger partial charge on any atom is 0.281 e. The largest absolute Gasteiger partial charge is 0.281 e. The number of hydrogen-bond donors (Lipinski definition) is 1. The number of hydrazone groups is 1. The quantitative estimate of drug-likeness (QED) is 0.820. The van der Waals surface area contributed by atoms with E-state index in [9.17, 15) is 4.79 Å². The number of amides is 1. The van der Waals surface area contributed by atoms with Crippen molar-refractivity contribution in [3.8, 4) is 0 Å². The van der Waals surface area contributed by atoms with E-state index >= 15 is 0 Å². The van der Waals surface area contributed by atoms with Crippen molar-refractivity contribution in [2.75, 3.05) is 0 Å². The highest BCUT2D eigenvalue weighted by Crippen LogP contribution is 2.39. The molecule has 2 aliphatic rings. The number of thiophene rings is 1. The Morgan fingerprint density at radius 1 is 1.26 bits per heavy atom. The van der Waals surface area contributed by atoms with Crippen molar-refractivity contribution >= 4 is 23.0 Å². The molecule has 3 nitrogen and oxygen atoms in total. The van der Waals surface area contributed by atoms with Crippen molar-refractivity contribution < 1.29 is 4.79 Å². The van der Waals surface area contributed by atoms with Crippen LogP contribution in [0, 0.1) is 11.8 Å². The Hall–Kier alpha value is -1.16. The van der Waals surface area contributed by atoms with Crippen LogP contribution in [0.25, 0.3) is 0 Å². The molecule has 4 heteroatoms. The van der Waals surface area contributed by atoms with Gasteiger partial charge in [0.05, 0.1) is 4.88 Å². The van der Waals surface area contributed by atoms with Crippen LogP contribution in [0.4, 0.5) is 0 Å². The molecule has 1 aromatic rings. The number of nitrogens with one attached hydrogen (secondary N) is 1. The Balaban J connectivity index is 1.57. The summed E-state index contributed by atoms with van der Waals surface area (Å²) in [5.41, 5.74) is 3.90. The van der Waals surface area contributed by atoms with Crippen LogP contribution in [-0.4, -0.2) is 11.6 Å². The van der Waals surface area contributed by atoms with E-state index in [0.29, 0.717) is 0 Å². The van der Waals surface area contributed by atoms with Crippen LogP contribution < -0.4 is 5.43 Å². The summed E-state index contributed by atoms with van der Waals surface area (Å²) < 4.78 is 0. The predicted molar refractivity (Wildman–Crippen MR) is 78.5 cm³/mol. The number of fused-ring (bicyclic) bond motifs is 1. The molecular formula is C15H20N2OS. The van der Waals surface area contributed by atoms with Gasteiger partial charge >= 0.3 is 0 Å². The second kappa shape index (κ2) is 5.87. The molecule has 1 aromatic heterocycles. The number of hydrogen-bond acceptors (Lipinski definition) is 3. The summed E-state index contributed by atoms with van der Waals surface area (Å²) in [6, 6.07) is 3.72. The highest BCUT2D eigenvalue weighted by Gasteiger charge is 2.30. The molecule has 1 N–H and O–H groups in total. The van der Waals surface area contributed by atoms with Gasteiger partial charge in [0.2, 0.25) is 0 Å². The lowest BCUT2D eigenvalue weighted by atomic mass is 9.70.